The molecule has 8 nitrogen and oxygen atoms in total. The molecule has 1 atom stereocenters. The first-order valence-corrected chi connectivity index (χ1v) is 7.71. The van der Waals surface area contributed by atoms with Crippen LogP contribution in [0.5, 0.6) is 0 Å². The van der Waals surface area contributed by atoms with Gasteiger partial charge in [-0.15, -0.1) is 0 Å². The molecule has 3 aromatic rings. The Bertz CT molecular complexity index is 1000. The molecule has 0 saturated carbocycles. The SMILES string of the molecule is CC(Nc1cc(NC(=O)O)ccn1)c1cc2cc(Cl)cnc2[nH]c1=O. The minimum atomic E-state index is -1.17. The molecule has 4 N–H and O–H groups in total. The summed E-state index contributed by atoms with van der Waals surface area (Å²) in [7, 11) is 0. The van der Waals surface area contributed by atoms with Crippen molar-refractivity contribution in [3.63, 3.8) is 0 Å². The number of carbonyl (C=O) groups is 1. The number of nitrogens with one attached hydrogen (secondary N) is 3. The highest BCUT2D eigenvalue weighted by Gasteiger charge is 2.13. The topological polar surface area (TPSA) is 120 Å². The molecular weight excluding hydrogens is 346 g/mol. The average Bonchev–Trinajstić information content (AvgIpc) is 2.54. The zero-order valence-electron chi connectivity index (χ0n) is 13.1. The van der Waals surface area contributed by atoms with E-state index in [0.29, 0.717) is 33.1 Å². The van der Waals surface area contributed by atoms with Gasteiger partial charge < -0.3 is 15.4 Å². The van der Waals surface area contributed by atoms with Crippen LogP contribution in [0.1, 0.15) is 18.5 Å². The van der Waals surface area contributed by atoms with Crippen molar-refractivity contribution < 1.29 is 9.90 Å². The van der Waals surface area contributed by atoms with Gasteiger partial charge in [0.05, 0.1) is 11.1 Å². The fraction of sp³-hybridized carbons (Fsp3) is 0.125. The molecule has 0 aliphatic carbocycles. The highest BCUT2D eigenvalue weighted by atomic mass is 35.5. The number of aromatic nitrogens is 3. The van der Waals surface area contributed by atoms with E-state index in [1.54, 1.807) is 19.1 Å². The predicted molar refractivity (Wildman–Crippen MR) is 95.3 cm³/mol. The molecule has 0 aliphatic rings. The molecule has 0 radical (unpaired) electrons. The smallest absolute Gasteiger partial charge is 0.409 e. The third-order valence-corrected chi connectivity index (χ3v) is 3.74. The number of pyridine rings is 3. The number of hydrogen-bond donors (Lipinski definition) is 4. The lowest BCUT2D eigenvalue weighted by atomic mass is 10.1. The minimum Gasteiger partial charge on any atom is -0.465 e. The van der Waals surface area contributed by atoms with E-state index >= 15 is 0 Å². The quantitative estimate of drug-likeness (QED) is 0.567. The van der Waals surface area contributed by atoms with Gasteiger partial charge in [-0.3, -0.25) is 10.1 Å². The molecule has 3 heterocycles. The van der Waals surface area contributed by atoms with Gasteiger partial charge in [0.25, 0.3) is 5.56 Å². The van der Waals surface area contributed by atoms with Crippen LogP contribution in [0.4, 0.5) is 16.3 Å². The fourth-order valence-electron chi connectivity index (χ4n) is 2.41. The Morgan fingerprint density at radius 2 is 2.12 bits per heavy atom. The summed E-state index contributed by atoms with van der Waals surface area (Å²) in [6, 6.07) is 6.12. The first kappa shape index (κ1) is 16.7. The molecule has 0 spiro atoms. The Labute approximate surface area is 146 Å². The van der Waals surface area contributed by atoms with Gasteiger partial charge in [0, 0.05) is 35.1 Å². The second-order valence-corrected chi connectivity index (χ2v) is 5.81. The maximum absolute atomic E-state index is 12.3. The molecule has 3 aromatic heterocycles. The summed E-state index contributed by atoms with van der Waals surface area (Å²) in [5, 5.41) is 15.3. The number of rotatable bonds is 4. The van der Waals surface area contributed by atoms with Gasteiger partial charge in [-0.2, -0.15) is 0 Å². The van der Waals surface area contributed by atoms with Crippen LogP contribution >= 0.6 is 11.6 Å². The van der Waals surface area contributed by atoms with E-state index in [1.165, 1.54) is 24.5 Å². The second kappa shape index (κ2) is 6.78. The Morgan fingerprint density at radius 3 is 2.88 bits per heavy atom. The maximum Gasteiger partial charge on any atom is 0.409 e. The van der Waals surface area contributed by atoms with Gasteiger partial charge in [-0.05, 0) is 25.1 Å². The van der Waals surface area contributed by atoms with Crippen molar-refractivity contribution in [1.82, 2.24) is 15.0 Å². The first-order valence-electron chi connectivity index (χ1n) is 7.33. The number of aromatic amines is 1. The summed E-state index contributed by atoms with van der Waals surface area (Å²) >= 11 is 5.94. The number of halogens is 1. The lowest BCUT2D eigenvalue weighted by Gasteiger charge is -2.15. The Hall–Kier alpha value is -3.13. The largest absolute Gasteiger partial charge is 0.465 e. The van der Waals surface area contributed by atoms with E-state index in [0.717, 1.165) is 0 Å². The van der Waals surface area contributed by atoms with Crippen LogP contribution < -0.4 is 16.2 Å². The van der Waals surface area contributed by atoms with E-state index < -0.39 is 6.09 Å². The summed E-state index contributed by atoms with van der Waals surface area (Å²) in [5.41, 5.74) is 1.04. The zero-order valence-corrected chi connectivity index (χ0v) is 13.8. The first-order chi connectivity index (χ1) is 11.9. The molecule has 128 valence electrons. The zero-order chi connectivity index (χ0) is 18.0. The normalized spacial score (nSPS) is 11.9. The molecular formula is C16H14ClN5O3. The van der Waals surface area contributed by atoms with Crippen molar-refractivity contribution in [1.29, 1.82) is 0 Å². The lowest BCUT2D eigenvalue weighted by Crippen LogP contribution is -2.20. The summed E-state index contributed by atoms with van der Waals surface area (Å²) < 4.78 is 0. The highest BCUT2D eigenvalue weighted by molar-refractivity contribution is 6.31. The second-order valence-electron chi connectivity index (χ2n) is 5.37. The van der Waals surface area contributed by atoms with Crippen LogP contribution in [0, 0.1) is 0 Å². The van der Waals surface area contributed by atoms with Crippen LogP contribution in [0.15, 0.2) is 41.5 Å². The van der Waals surface area contributed by atoms with E-state index in [2.05, 4.69) is 25.6 Å². The maximum atomic E-state index is 12.3. The van der Waals surface area contributed by atoms with Gasteiger partial charge in [0.1, 0.15) is 11.5 Å². The number of fused-ring (bicyclic) bond motifs is 1. The van der Waals surface area contributed by atoms with Gasteiger partial charge in [-0.25, -0.2) is 14.8 Å². The number of hydrogen-bond acceptors (Lipinski definition) is 5. The summed E-state index contributed by atoms with van der Waals surface area (Å²) in [6.45, 7) is 1.80. The molecule has 25 heavy (non-hydrogen) atoms. The van der Waals surface area contributed by atoms with Gasteiger partial charge in [0.15, 0.2) is 0 Å². The summed E-state index contributed by atoms with van der Waals surface area (Å²) in [5.74, 6) is 0.433. The Balaban J connectivity index is 1.89. The van der Waals surface area contributed by atoms with E-state index in [1.807, 2.05) is 0 Å². The number of H-pyrrole nitrogens is 1. The molecule has 0 aliphatic heterocycles. The average molecular weight is 360 g/mol. The van der Waals surface area contributed by atoms with Crippen molar-refractivity contribution in [2.75, 3.05) is 10.6 Å². The summed E-state index contributed by atoms with van der Waals surface area (Å²) in [6.07, 6.45) is 1.77. The van der Waals surface area contributed by atoms with E-state index in [-0.39, 0.29) is 11.6 Å². The number of amides is 1. The van der Waals surface area contributed by atoms with E-state index in [9.17, 15) is 9.59 Å². The van der Waals surface area contributed by atoms with Crippen LogP contribution in [-0.2, 0) is 0 Å². The fourth-order valence-corrected chi connectivity index (χ4v) is 2.58. The predicted octanol–water partition coefficient (Wildman–Crippen LogP) is 3.23. The molecule has 0 fully saturated rings. The standard InChI is InChI=1S/C16H14ClN5O3/c1-8(20-13-6-11(2-3-18-13)21-16(24)25)12-5-9-4-10(17)7-19-14(9)22-15(12)23/h2-8H,1H3,(H,24,25)(H2,18,20,21)(H,19,22,23). The van der Waals surface area contributed by atoms with Crippen LogP contribution in [0.25, 0.3) is 11.0 Å². The van der Waals surface area contributed by atoms with Crippen LogP contribution in [0.2, 0.25) is 5.02 Å². The van der Waals surface area contributed by atoms with Crippen molar-refractivity contribution in [3.8, 4) is 0 Å². The lowest BCUT2D eigenvalue weighted by molar-refractivity contribution is 0.210. The highest BCUT2D eigenvalue weighted by Crippen LogP contribution is 2.21. The van der Waals surface area contributed by atoms with Crippen molar-refractivity contribution >= 4 is 40.2 Å². The van der Waals surface area contributed by atoms with E-state index in [4.69, 9.17) is 16.7 Å². The Morgan fingerprint density at radius 1 is 1.32 bits per heavy atom. The molecule has 0 bridgehead atoms. The molecule has 1 unspecified atom stereocenters. The van der Waals surface area contributed by atoms with Gasteiger partial charge in [-0.1, -0.05) is 11.6 Å². The number of carboxylic acid groups (broad SMARTS) is 1. The molecule has 9 heteroatoms. The summed E-state index contributed by atoms with van der Waals surface area (Å²) in [4.78, 5) is 33.9. The van der Waals surface area contributed by atoms with Crippen LogP contribution in [0.3, 0.4) is 0 Å². The van der Waals surface area contributed by atoms with Crippen LogP contribution in [-0.4, -0.2) is 26.2 Å². The third kappa shape index (κ3) is 3.86. The Kier molecular flexibility index (Phi) is 4.53. The number of anilines is 2. The van der Waals surface area contributed by atoms with Gasteiger partial charge >= 0.3 is 6.09 Å². The minimum absolute atomic E-state index is 0.276. The monoisotopic (exact) mass is 359 g/mol. The molecule has 1 amide bonds. The van der Waals surface area contributed by atoms with Crippen molar-refractivity contribution in [3.05, 3.63) is 57.6 Å². The molecule has 0 aromatic carbocycles. The molecule has 3 rings (SSSR count). The van der Waals surface area contributed by atoms with Crippen molar-refractivity contribution in [2.45, 2.75) is 13.0 Å². The van der Waals surface area contributed by atoms with Crippen molar-refractivity contribution in [2.24, 2.45) is 0 Å². The molecule has 0 saturated heterocycles. The third-order valence-electron chi connectivity index (χ3n) is 3.53. The number of nitrogens with zero attached hydrogens (tertiary/aromatic N) is 2. The van der Waals surface area contributed by atoms with Gasteiger partial charge in [0.2, 0.25) is 0 Å².